The molecule has 0 radical (unpaired) electrons. The fraction of sp³-hybridized carbons (Fsp3) is 0.706. The van der Waals surface area contributed by atoms with Gasteiger partial charge in [-0.25, -0.2) is 0 Å². The molecule has 2 saturated heterocycles. The van der Waals surface area contributed by atoms with Crippen molar-refractivity contribution in [2.24, 2.45) is 5.92 Å². The van der Waals surface area contributed by atoms with Crippen LogP contribution >= 0.6 is 0 Å². The van der Waals surface area contributed by atoms with Crippen LogP contribution in [0.3, 0.4) is 0 Å². The van der Waals surface area contributed by atoms with Gasteiger partial charge in [-0.15, -0.1) is 0 Å². The predicted octanol–water partition coefficient (Wildman–Crippen LogP) is 1.03. The third kappa shape index (κ3) is 3.42. The topological polar surface area (TPSA) is 59.8 Å². The Hall–Kier alpha value is -1.17. The molecule has 0 unspecified atom stereocenters. The quantitative estimate of drug-likeness (QED) is 0.870. The second kappa shape index (κ2) is 6.94. The number of aromatic nitrogens is 1. The lowest BCUT2D eigenvalue weighted by Crippen LogP contribution is -2.49. The van der Waals surface area contributed by atoms with E-state index >= 15 is 0 Å². The number of aryl methyl sites for hydroxylation is 1. The fourth-order valence-corrected chi connectivity index (χ4v) is 3.83. The Morgan fingerprint density at radius 3 is 2.91 bits per heavy atom. The molecule has 3 heterocycles. The highest BCUT2D eigenvalue weighted by Crippen LogP contribution is 2.28. The summed E-state index contributed by atoms with van der Waals surface area (Å²) in [7, 11) is 0. The van der Waals surface area contributed by atoms with Gasteiger partial charge in [0, 0.05) is 38.4 Å². The molecule has 5 heteroatoms. The van der Waals surface area contributed by atoms with Crippen LogP contribution in [0.1, 0.15) is 24.8 Å². The monoisotopic (exact) mass is 305 g/mol. The number of piperidine rings is 1. The standard InChI is InChI=1S/C17H27N3O2/c1-13-4-6-18-8-17(13)19-7-5-14(9-19)10-20-11-16(22)3-2-15(20)12-21/h4,6,8,14-16,21-22H,2-3,5,7,9-12H2,1H3/t14-,15+,16+/m0/s1. The van der Waals surface area contributed by atoms with Crippen molar-refractivity contribution in [2.75, 3.05) is 37.7 Å². The van der Waals surface area contributed by atoms with Gasteiger partial charge in [0.25, 0.3) is 0 Å². The molecule has 0 spiro atoms. The Bertz CT molecular complexity index is 497. The van der Waals surface area contributed by atoms with Crippen molar-refractivity contribution in [1.29, 1.82) is 0 Å². The van der Waals surface area contributed by atoms with E-state index in [-0.39, 0.29) is 18.8 Å². The van der Waals surface area contributed by atoms with Crippen molar-refractivity contribution < 1.29 is 10.2 Å². The molecule has 1 aromatic heterocycles. The number of β-amino-alcohol motifs (C(OH)–C–C–N with tert-alkyl or cyclic N) is 1. The first kappa shape index (κ1) is 15.7. The molecule has 0 saturated carbocycles. The zero-order valence-electron chi connectivity index (χ0n) is 13.4. The van der Waals surface area contributed by atoms with Crippen LogP contribution in [0.4, 0.5) is 5.69 Å². The SMILES string of the molecule is Cc1ccncc1N1CC[C@H](CN2C[C@H](O)CC[C@@H]2CO)C1. The third-order valence-electron chi connectivity index (χ3n) is 5.14. The van der Waals surface area contributed by atoms with Crippen molar-refractivity contribution in [3.8, 4) is 0 Å². The lowest BCUT2D eigenvalue weighted by molar-refractivity contribution is 0.00726. The summed E-state index contributed by atoms with van der Waals surface area (Å²) in [5.74, 6) is 0.596. The van der Waals surface area contributed by atoms with Gasteiger partial charge in [0.15, 0.2) is 0 Å². The number of likely N-dealkylation sites (tertiary alicyclic amines) is 1. The number of hydrogen-bond donors (Lipinski definition) is 2. The number of hydrogen-bond acceptors (Lipinski definition) is 5. The summed E-state index contributed by atoms with van der Waals surface area (Å²) in [4.78, 5) is 8.96. The molecule has 0 amide bonds. The normalized spacial score (nSPS) is 30.0. The Morgan fingerprint density at radius 2 is 2.14 bits per heavy atom. The Kier molecular flexibility index (Phi) is 4.96. The number of rotatable bonds is 4. The Morgan fingerprint density at radius 1 is 1.27 bits per heavy atom. The summed E-state index contributed by atoms with van der Waals surface area (Å²) >= 11 is 0. The Balaban J connectivity index is 1.59. The van der Waals surface area contributed by atoms with Crippen LogP contribution in [0.2, 0.25) is 0 Å². The summed E-state index contributed by atoms with van der Waals surface area (Å²) in [5, 5.41) is 19.4. The lowest BCUT2D eigenvalue weighted by atomic mass is 9.98. The van der Waals surface area contributed by atoms with E-state index in [9.17, 15) is 10.2 Å². The highest BCUT2D eigenvalue weighted by atomic mass is 16.3. The largest absolute Gasteiger partial charge is 0.395 e. The molecule has 1 aromatic rings. The van der Waals surface area contributed by atoms with Crippen LogP contribution in [0, 0.1) is 12.8 Å². The van der Waals surface area contributed by atoms with Crippen molar-refractivity contribution in [3.63, 3.8) is 0 Å². The van der Waals surface area contributed by atoms with Crippen LogP contribution < -0.4 is 4.90 Å². The minimum atomic E-state index is -0.235. The van der Waals surface area contributed by atoms with Gasteiger partial charge in [-0.1, -0.05) is 0 Å². The first-order valence-electron chi connectivity index (χ1n) is 8.36. The molecule has 3 atom stereocenters. The van der Waals surface area contributed by atoms with E-state index in [0.29, 0.717) is 12.5 Å². The van der Waals surface area contributed by atoms with Crippen LogP contribution in [0.5, 0.6) is 0 Å². The van der Waals surface area contributed by atoms with Gasteiger partial charge in [0.05, 0.1) is 24.6 Å². The predicted molar refractivity (Wildman–Crippen MR) is 87.0 cm³/mol. The van der Waals surface area contributed by atoms with Crippen molar-refractivity contribution in [3.05, 3.63) is 24.0 Å². The molecular weight excluding hydrogens is 278 g/mol. The number of aliphatic hydroxyl groups is 2. The van der Waals surface area contributed by atoms with E-state index in [4.69, 9.17) is 0 Å². The van der Waals surface area contributed by atoms with E-state index in [1.807, 2.05) is 12.4 Å². The number of anilines is 1. The molecule has 0 bridgehead atoms. The zero-order chi connectivity index (χ0) is 15.5. The highest BCUT2D eigenvalue weighted by molar-refractivity contribution is 5.51. The van der Waals surface area contributed by atoms with Gasteiger partial charge in [-0.2, -0.15) is 0 Å². The molecule has 3 rings (SSSR count). The number of aliphatic hydroxyl groups excluding tert-OH is 2. The van der Waals surface area contributed by atoms with E-state index in [0.717, 1.165) is 32.5 Å². The van der Waals surface area contributed by atoms with Crippen LogP contribution in [-0.4, -0.2) is 65.0 Å². The second-order valence-corrected chi connectivity index (χ2v) is 6.78. The summed E-state index contributed by atoms with van der Waals surface area (Å²) in [6.45, 7) is 6.11. The van der Waals surface area contributed by atoms with Crippen LogP contribution in [-0.2, 0) is 0 Å². The molecule has 2 N–H and O–H groups in total. The van der Waals surface area contributed by atoms with Gasteiger partial charge < -0.3 is 15.1 Å². The fourth-order valence-electron chi connectivity index (χ4n) is 3.83. The molecule has 0 aliphatic carbocycles. The van der Waals surface area contributed by atoms with Crippen molar-refractivity contribution in [2.45, 2.75) is 38.3 Å². The molecule has 5 nitrogen and oxygen atoms in total. The Labute approximate surface area is 132 Å². The average Bonchev–Trinajstić information content (AvgIpc) is 2.96. The average molecular weight is 305 g/mol. The lowest BCUT2D eigenvalue weighted by Gasteiger charge is -2.38. The van der Waals surface area contributed by atoms with Crippen LogP contribution in [0.25, 0.3) is 0 Å². The molecule has 122 valence electrons. The first-order chi connectivity index (χ1) is 10.7. The van der Waals surface area contributed by atoms with Crippen molar-refractivity contribution >= 4 is 5.69 Å². The maximum atomic E-state index is 9.89. The van der Waals surface area contributed by atoms with Gasteiger partial charge in [-0.3, -0.25) is 9.88 Å². The summed E-state index contributed by atoms with van der Waals surface area (Å²) in [5.41, 5.74) is 2.51. The molecule has 2 aliphatic heterocycles. The molecule has 2 aliphatic rings. The smallest absolute Gasteiger partial charge is 0.0667 e. The number of nitrogens with zero attached hydrogens (tertiary/aromatic N) is 3. The highest BCUT2D eigenvalue weighted by Gasteiger charge is 2.31. The van der Waals surface area contributed by atoms with Gasteiger partial charge in [0.1, 0.15) is 0 Å². The molecule has 2 fully saturated rings. The zero-order valence-corrected chi connectivity index (χ0v) is 13.4. The van der Waals surface area contributed by atoms with Crippen molar-refractivity contribution in [1.82, 2.24) is 9.88 Å². The molecule has 0 aromatic carbocycles. The van der Waals surface area contributed by atoms with Gasteiger partial charge in [-0.05, 0) is 43.7 Å². The molecular formula is C17H27N3O2. The third-order valence-corrected chi connectivity index (χ3v) is 5.14. The van der Waals surface area contributed by atoms with E-state index in [1.54, 1.807) is 0 Å². The van der Waals surface area contributed by atoms with Gasteiger partial charge in [0.2, 0.25) is 0 Å². The van der Waals surface area contributed by atoms with Gasteiger partial charge >= 0.3 is 0 Å². The minimum absolute atomic E-state index is 0.199. The maximum Gasteiger partial charge on any atom is 0.0667 e. The molecule has 22 heavy (non-hydrogen) atoms. The summed E-state index contributed by atoms with van der Waals surface area (Å²) < 4.78 is 0. The minimum Gasteiger partial charge on any atom is -0.395 e. The van der Waals surface area contributed by atoms with E-state index < -0.39 is 0 Å². The summed E-state index contributed by atoms with van der Waals surface area (Å²) in [6, 6.07) is 2.28. The first-order valence-corrected chi connectivity index (χ1v) is 8.36. The van der Waals surface area contributed by atoms with E-state index in [2.05, 4.69) is 27.8 Å². The maximum absolute atomic E-state index is 9.89. The van der Waals surface area contributed by atoms with Crippen LogP contribution in [0.15, 0.2) is 18.5 Å². The van der Waals surface area contributed by atoms with E-state index in [1.165, 1.54) is 17.7 Å². The number of pyridine rings is 1. The second-order valence-electron chi connectivity index (χ2n) is 6.78. The summed E-state index contributed by atoms with van der Waals surface area (Å²) in [6.07, 6.45) is 6.44.